The molecule has 0 spiro atoms. The highest BCUT2D eigenvalue weighted by molar-refractivity contribution is 5.95. The Bertz CT molecular complexity index is 798. The third-order valence-corrected chi connectivity index (χ3v) is 5.71. The lowest BCUT2D eigenvalue weighted by Crippen LogP contribution is -2.39. The minimum Gasteiger partial charge on any atom is -0.497 e. The van der Waals surface area contributed by atoms with E-state index in [1.165, 1.54) is 0 Å². The van der Waals surface area contributed by atoms with Gasteiger partial charge < -0.3 is 19.6 Å². The van der Waals surface area contributed by atoms with Gasteiger partial charge in [-0.1, -0.05) is 6.07 Å². The molecule has 2 fully saturated rings. The molecule has 0 saturated carbocycles. The summed E-state index contributed by atoms with van der Waals surface area (Å²) in [6.07, 6.45) is 3.57. The molecule has 0 radical (unpaired) electrons. The molecule has 2 atom stereocenters. The van der Waals surface area contributed by atoms with Gasteiger partial charge in [0.2, 0.25) is 0 Å². The van der Waals surface area contributed by atoms with Crippen molar-refractivity contribution < 1.29 is 14.6 Å². The van der Waals surface area contributed by atoms with E-state index in [1.807, 2.05) is 35.2 Å². The number of carbonyl (C=O) groups is 1. The molecule has 2 aliphatic rings. The summed E-state index contributed by atoms with van der Waals surface area (Å²) in [6.45, 7) is 2.91. The van der Waals surface area contributed by atoms with Crippen LogP contribution in [0.2, 0.25) is 0 Å². The zero-order valence-corrected chi connectivity index (χ0v) is 14.8. The number of aromatic nitrogens is 1. The maximum atomic E-state index is 12.9. The van der Waals surface area contributed by atoms with Crippen LogP contribution in [-0.4, -0.2) is 60.8 Å². The van der Waals surface area contributed by atoms with Crippen molar-refractivity contribution in [3.63, 3.8) is 0 Å². The Morgan fingerprint density at radius 2 is 2.08 bits per heavy atom. The number of amides is 1. The van der Waals surface area contributed by atoms with Gasteiger partial charge in [0, 0.05) is 61.2 Å². The van der Waals surface area contributed by atoms with Crippen molar-refractivity contribution in [3.8, 4) is 5.75 Å². The normalized spacial score (nSPS) is 24.6. The van der Waals surface area contributed by atoms with Crippen molar-refractivity contribution >= 4 is 11.6 Å². The number of ether oxygens (including phenoxy) is 1. The molecular formula is C20H23N3O3. The standard InChI is InChI=1S/C20H23N3O3/c1-26-18-4-2-3-15(9-18)19(25)23-11-16-10-22(12-20(16,13-23)14-24)17-5-7-21-8-6-17/h2-9,16,24H,10-14H2,1H3. The smallest absolute Gasteiger partial charge is 0.254 e. The number of carbonyl (C=O) groups excluding carboxylic acids is 1. The summed E-state index contributed by atoms with van der Waals surface area (Å²) in [4.78, 5) is 21.2. The topological polar surface area (TPSA) is 65.9 Å². The zero-order chi connectivity index (χ0) is 18.1. The summed E-state index contributed by atoms with van der Waals surface area (Å²) in [5, 5.41) is 10.1. The molecule has 26 heavy (non-hydrogen) atoms. The lowest BCUT2D eigenvalue weighted by molar-refractivity contribution is 0.0747. The molecule has 2 unspecified atom stereocenters. The van der Waals surface area contributed by atoms with E-state index in [-0.39, 0.29) is 23.8 Å². The summed E-state index contributed by atoms with van der Waals surface area (Å²) in [5.74, 6) is 0.938. The molecule has 1 aromatic heterocycles. The number of nitrogens with zero attached hydrogens (tertiary/aromatic N) is 3. The summed E-state index contributed by atoms with van der Waals surface area (Å²) < 4.78 is 5.22. The molecule has 1 aromatic carbocycles. The molecule has 2 aromatic rings. The van der Waals surface area contributed by atoms with E-state index in [9.17, 15) is 9.90 Å². The van der Waals surface area contributed by atoms with Crippen LogP contribution in [0.5, 0.6) is 5.75 Å². The third-order valence-electron chi connectivity index (χ3n) is 5.71. The molecule has 2 saturated heterocycles. The lowest BCUT2D eigenvalue weighted by atomic mass is 9.82. The second-order valence-corrected chi connectivity index (χ2v) is 7.22. The SMILES string of the molecule is COc1cccc(C(=O)N2CC3CN(c4ccncc4)CC3(CO)C2)c1. The van der Waals surface area contributed by atoms with Crippen LogP contribution in [-0.2, 0) is 0 Å². The first kappa shape index (κ1) is 16.8. The Kier molecular flexibility index (Phi) is 4.28. The first-order chi connectivity index (χ1) is 12.6. The van der Waals surface area contributed by atoms with Crippen LogP contribution in [0.15, 0.2) is 48.8 Å². The van der Waals surface area contributed by atoms with Gasteiger partial charge in [-0.15, -0.1) is 0 Å². The monoisotopic (exact) mass is 353 g/mol. The highest BCUT2D eigenvalue weighted by Gasteiger charge is 2.53. The van der Waals surface area contributed by atoms with Gasteiger partial charge in [0.15, 0.2) is 0 Å². The van der Waals surface area contributed by atoms with Crippen LogP contribution >= 0.6 is 0 Å². The minimum atomic E-state index is -0.266. The number of fused-ring (bicyclic) bond motifs is 1. The van der Waals surface area contributed by atoms with Crippen molar-refractivity contribution in [2.24, 2.45) is 11.3 Å². The quantitative estimate of drug-likeness (QED) is 0.906. The van der Waals surface area contributed by atoms with E-state index in [4.69, 9.17) is 4.74 Å². The molecule has 136 valence electrons. The number of methoxy groups -OCH3 is 1. The number of hydrogen-bond acceptors (Lipinski definition) is 5. The maximum absolute atomic E-state index is 12.9. The molecule has 0 bridgehead atoms. The second kappa shape index (κ2) is 6.61. The van der Waals surface area contributed by atoms with E-state index in [0.717, 1.165) is 18.8 Å². The number of aliphatic hydroxyl groups is 1. The Hall–Kier alpha value is -2.60. The van der Waals surface area contributed by atoms with Gasteiger partial charge in [0.05, 0.1) is 13.7 Å². The van der Waals surface area contributed by atoms with Crippen molar-refractivity contribution in [1.82, 2.24) is 9.88 Å². The summed E-state index contributed by atoms with van der Waals surface area (Å²) >= 11 is 0. The van der Waals surface area contributed by atoms with Gasteiger partial charge in [0.1, 0.15) is 5.75 Å². The van der Waals surface area contributed by atoms with Gasteiger partial charge in [-0.25, -0.2) is 0 Å². The van der Waals surface area contributed by atoms with Gasteiger partial charge in [-0.3, -0.25) is 9.78 Å². The fourth-order valence-corrected chi connectivity index (χ4v) is 4.25. The molecule has 3 heterocycles. The van der Waals surface area contributed by atoms with Crippen LogP contribution in [0, 0.1) is 11.3 Å². The largest absolute Gasteiger partial charge is 0.497 e. The summed E-state index contributed by atoms with van der Waals surface area (Å²) in [7, 11) is 1.60. The minimum absolute atomic E-state index is 0.00147. The van der Waals surface area contributed by atoms with Gasteiger partial charge >= 0.3 is 0 Å². The predicted octanol–water partition coefficient (Wildman–Crippen LogP) is 1.66. The van der Waals surface area contributed by atoms with Gasteiger partial charge in [-0.2, -0.15) is 0 Å². The molecule has 4 rings (SSSR count). The number of likely N-dealkylation sites (tertiary alicyclic amines) is 1. The van der Waals surface area contributed by atoms with Crippen LogP contribution < -0.4 is 9.64 Å². The number of benzene rings is 1. The first-order valence-corrected chi connectivity index (χ1v) is 8.84. The fraction of sp³-hybridized carbons (Fsp3) is 0.400. The predicted molar refractivity (Wildman–Crippen MR) is 98.4 cm³/mol. The maximum Gasteiger partial charge on any atom is 0.254 e. The molecule has 0 aliphatic carbocycles. The number of aliphatic hydroxyl groups excluding tert-OH is 1. The molecular weight excluding hydrogens is 330 g/mol. The second-order valence-electron chi connectivity index (χ2n) is 7.22. The highest BCUT2D eigenvalue weighted by Crippen LogP contribution is 2.44. The Labute approximate surface area is 153 Å². The van der Waals surface area contributed by atoms with E-state index < -0.39 is 0 Å². The average Bonchev–Trinajstić information content (AvgIpc) is 3.23. The highest BCUT2D eigenvalue weighted by atomic mass is 16.5. The van der Waals surface area contributed by atoms with Gasteiger partial charge in [0.25, 0.3) is 5.91 Å². The zero-order valence-electron chi connectivity index (χ0n) is 14.8. The number of pyridine rings is 1. The number of anilines is 1. The van der Waals surface area contributed by atoms with Crippen molar-refractivity contribution in [3.05, 3.63) is 54.4 Å². The molecule has 6 heteroatoms. The van der Waals surface area contributed by atoms with Crippen LogP contribution in [0.4, 0.5) is 5.69 Å². The number of hydrogen-bond donors (Lipinski definition) is 1. The molecule has 2 aliphatic heterocycles. The Morgan fingerprint density at radius 3 is 2.77 bits per heavy atom. The summed E-state index contributed by atoms with van der Waals surface area (Å²) in [5.41, 5.74) is 1.48. The summed E-state index contributed by atoms with van der Waals surface area (Å²) in [6, 6.07) is 11.2. The Balaban J connectivity index is 1.52. The first-order valence-electron chi connectivity index (χ1n) is 8.84. The fourth-order valence-electron chi connectivity index (χ4n) is 4.25. The van der Waals surface area contributed by atoms with Crippen LogP contribution in [0.1, 0.15) is 10.4 Å². The Morgan fingerprint density at radius 1 is 1.27 bits per heavy atom. The molecule has 1 N–H and O–H groups in total. The third kappa shape index (κ3) is 2.80. The van der Waals surface area contributed by atoms with E-state index in [1.54, 1.807) is 25.6 Å². The van der Waals surface area contributed by atoms with Crippen molar-refractivity contribution in [1.29, 1.82) is 0 Å². The van der Waals surface area contributed by atoms with Crippen molar-refractivity contribution in [2.75, 3.05) is 44.8 Å². The van der Waals surface area contributed by atoms with Gasteiger partial charge in [-0.05, 0) is 30.3 Å². The van der Waals surface area contributed by atoms with Crippen molar-refractivity contribution in [2.45, 2.75) is 0 Å². The molecule has 6 nitrogen and oxygen atoms in total. The average molecular weight is 353 g/mol. The lowest BCUT2D eigenvalue weighted by Gasteiger charge is -2.28. The van der Waals surface area contributed by atoms with E-state index in [0.29, 0.717) is 24.4 Å². The van der Waals surface area contributed by atoms with E-state index in [2.05, 4.69) is 9.88 Å². The molecule has 1 amide bonds. The number of rotatable bonds is 4. The van der Waals surface area contributed by atoms with Crippen LogP contribution in [0.3, 0.4) is 0 Å². The van der Waals surface area contributed by atoms with E-state index >= 15 is 0 Å². The van der Waals surface area contributed by atoms with Crippen LogP contribution in [0.25, 0.3) is 0 Å².